The first-order chi connectivity index (χ1) is 5.67. The van der Waals surface area contributed by atoms with E-state index in [-0.39, 0.29) is 5.41 Å². The molecule has 3 heteroatoms. The van der Waals surface area contributed by atoms with Crippen LogP contribution in [0.4, 0.5) is 0 Å². The number of rotatable bonds is 2. The summed E-state index contributed by atoms with van der Waals surface area (Å²) in [5, 5.41) is 9.05. The van der Waals surface area contributed by atoms with Crippen molar-refractivity contribution in [2.24, 2.45) is 16.6 Å². The van der Waals surface area contributed by atoms with Crippen LogP contribution in [0.5, 0.6) is 0 Å². The second-order valence-corrected chi connectivity index (χ2v) is 4.26. The fourth-order valence-electron chi connectivity index (χ4n) is 2.92. The summed E-state index contributed by atoms with van der Waals surface area (Å²) in [5.74, 6) is -0.674. The molecule has 0 unspecified atom stereocenters. The molecule has 2 aliphatic carbocycles. The average molecular weight is 169 g/mol. The summed E-state index contributed by atoms with van der Waals surface area (Å²) in [5.41, 5.74) is 5.11. The molecule has 1 spiro atoms. The highest BCUT2D eigenvalue weighted by Gasteiger charge is 2.71. The van der Waals surface area contributed by atoms with Gasteiger partial charge in [-0.3, -0.25) is 4.79 Å². The Morgan fingerprint density at radius 2 is 2.00 bits per heavy atom. The van der Waals surface area contributed by atoms with Crippen LogP contribution in [-0.2, 0) is 4.79 Å². The largest absolute Gasteiger partial charge is 0.481 e. The number of nitrogens with two attached hydrogens (primary N) is 1. The molecule has 2 aliphatic rings. The topological polar surface area (TPSA) is 63.3 Å². The predicted octanol–water partition coefficient (Wildman–Crippen LogP) is 0.980. The molecule has 0 amide bonds. The lowest BCUT2D eigenvalue weighted by molar-refractivity contribution is -0.144. The van der Waals surface area contributed by atoms with Gasteiger partial charge in [0.2, 0.25) is 0 Å². The van der Waals surface area contributed by atoms with Gasteiger partial charge in [-0.05, 0) is 24.7 Å². The second-order valence-electron chi connectivity index (χ2n) is 4.26. The zero-order chi connectivity index (χ0) is 8.82. The Morgan fingerprint density at radius 1 is 1.42 bits per heavy atom. The molecule has 1 atom stereocenters. The summed E-state index contributed by atoms with van der Waals surface area (Å²) in [6.07, 6.45) is 5.36. The highest BCUT2D eigenvalue weighted by Crippen LogP contribution is 2.71. The van der Waals surface area contributed by atoms with Crippen molar-refractivity contribution in [3.05, 3.63) is 0 Å². The maximum atomic E-state index is 11.0. The molecule has 0 aromatic heterocycles. The van der Waals surface area contributed by atoms with Crippen molar-refractivity contribution in [3.63, 3.8) is 0 Å². The van der Waals surface area contributed by atoms with Gasteiger partial charge in [0.25, 0.3) is 0 Å². The van der Waals surface area contributed by atoms with Crippen molar-refractivity contribution in [1.82, 2.24) is 0 Å². The maximum Gasteiger partial charge on any atom is 0.311 e. The van der Waals surface area contributed by atoms with Gasteiger partial charge < -0.3 is 10.8 Å². The van der Waals surface area contributed by atoms with Crippen LogP contribution in [0.1, 0.15) is 32.1 Å². The van der Waals surface area contributed by atoms with E-state index in [9.17, 15) is 4.79 Å². The summed E-state index contributed by atoms with van der Waals surface area (Å²) in [6.45, 7) is 0.322. The zero-order valence-electron chi connectivity index (χ0n) is 7.18. The van der Waals surface area contributed by atoms with Crippen LogP contribution in [0.3, 0.4) is 0 Å². The molecule has 2 rings (SSSR count). The van der Waals surface area contributed by atoms with E-state index >= 15 is 0 Å². The summed E-state index contributed by atoms with van der Waals surface area (Å²) in [4.78, 5) is 11.0. The molecule has 0 aromatic rings. The lowest BCUT2D eigenvalue weighted by Gasteiger charge is -2.15. The van der Waals surface area contributed by atoms with Gasteiger partial charge >= 0.3 is 5.97 Å². The van der Waals surface area contributed by atoms with Crippen LogP contribution in [0.25, 0.3) is 0 Å². The van der Waals surface area contributed by atoms with Crippen LogP contribution >= 0.6 is 0 Å². The van der Waals surface area contributed by atoms with E-state index in [0.717, 1.165) is 19.3 Å². The average Bonchev–Trinajstić information content (AvgIpc) is 2.40. The fourth-order valence-corrected chi connectivity index (χ4v) is 2.92. The van der Waals surface area contributed by atoms with Crippen molar-refractivity contribution in [2.75, 3.05) is 6.54 Å². The molecule has 68 valence electrons. The van der Waals surface area contributed by atoms with Crippen molar-refractivity contribution in [3.8, 4) is 0 Å². The van der Waals surface area contributed by atoms with Gasteiger partial charge in [0.1, 0.15) is 0 Å². The van der Waals surface area contributed by atoms with Crippen LogP contribution < -0.4 is 5.73 Å². The molecule has 0 bridgehead atoms. The fraction of sp³-hybridized carbons (Fsp3) is 0.889. The third-order valence-electron chi connectivity index (χ3n) is 3.85. The quantitative estimate of drug-likeness (QED) is 0.647. The standard InChI is InChI=1S/C9H15NO2/c10-6-9(7(11)12)5-8(9)3-1-2-4-8/h1-6,10H2,(H,11,12)/t9-/m0/s1. The van der Waals surface area contributed by atoms with Crippen LogP contribution in [-0.4, -0.2) is 17.6 Å². The third kappa shape index (κ3) is 0.724. The SMILES string of the molecule is NC[C@]1(C(=O)O)CC12CCCC2. The molecule has 0 radical (unpaired) electrons. The molecule has 3 N–H and O–H groups in total. The highest BCUT2D eigenvalue weighted by atomic mass is 16.4. The lowest BCUT2D eigenvalue weighted by Crippen LogP contribution is -2.30. The van der Waals surface area contributed by atoms with Crippen molar-refractivity contribution >= 4 is 5.97 Å². The number of aliphatic carboxylic acids is 1. The first kappa shape index (κ1) is 8.05. The van der Waals surface area contributed by atoms with E-state index in [4.69, 9.17) is 10.8 Å². The summed E-state index contributed by atoms with van der Waals surface area (Å²) < 4.78 is 0. The van der Waals surface area contributed by atoms with Gasteiger partial charge in [-0.2, -0.15) is 0 Å². The van der Waals surface area contributed by atoms with Crippen molar-refractivity contribution < 1.29 is 9.90 Å². The first-order valence-corrected chi connectivity index (χ1v) is 4.60. The Hall–Kier alpha value is -0.570. The van der Waals surface area contributed by atoms with Crippen LogP contribution in [0.15, 0.2) is 0 Å². The molecule has 2 saturated carbocycles. The minimum Gasteiger partial charge on any atom is -0.481 e. The molecule has 0 saturated heterocycles. The number of hydrogen-bond donors (Lipinski definition) is 2. The van der Waals surface area contributed by atoms with E-state index < -0.39 is 11.4 Å². The summed E-state index contributed by atoms with van der Waals surface area (Å²) >= 11 is 0. The van der Waals surface area contributed by atoms with Gasteiger partial charge in [0.05, 0.1) is 5.41 Å². The first-order valence-electron chi connectivity index (χ1n) is 4.60. The smallest absolute Gasteiger partial charge is 0.311 e. The zero-order valence-corrected chi connectivity index (χ0v) is 7.18. The monoisotopic (exact) mass is 169 g/mol. The second kappa shape index (κ2) is 2.22. The number of carboxylic acids is 1. The van der Waals surface area contributed by atoms with Gasteiger partial charge in [-0.1, -0.05) is 12.8 Å². The Bertz CT molecular complexity index is 221. The number of carboxylic acid groups (broad SMARTS) is 1. The van der Waals surface area contributed by atoms with E-state index in [1.807, 2.05) is 0 Å². The molecular weight excluding hydrogens is 154 g/mol. The molecule has 0 heterocycles. The summed E-state index contributed by atoms with van der Waals surface area (Å²) in [6, 6.07) is 0. The minimum absolute atomic E-state index is 0.105. The third-order valence-corrected chi connectivity index (χ3v) is 3.85. The molecule has 0 aliphatic heterocycles. The van der Waals surface area contributed by atoms with E-state index in [1.54, 1.807) is 0 Å². The van der Waals surface area contributed by atoms with Crippen molar-refractivity contribution in [2.45, 2.75) is 32.1 Å². The molecule has 0 aromatic carbocycles. The Morgan fingerprint density at radius 3 is 2.33 bits per heavy atom. The summed E-state index contributed by atoms with van der Waals surface area (Å²) in [7, 11) is 0. The lowest BCUT2D eigenvalue weighted by atomic mass is 9.91. The van der Waals surface area contributed by atoms with Crippen LogP contribution in [0, 0.1) is 10.8 Å². The molecular formula is C9H15NO2. The molecule has 2 fully saturated rings. The molecule has 12 heavy (non-hydrogen) atoms. The Balaban J connectivity index is 2.20. The molecule has 3 nitrogen and oxygen atoms in total. The van der Waals surface area contributed by atoms with Gasteiger partial charge in [-0.15, -0.1) is 0 Å². The minimum atomic E-state index is -0.674. The van der Waals surface area contributed by atoms with Gasteiger partial charge in [-0.25, -0.2) is 0 Å². The highest BCUT2D eigenvalue weighted by molar-refractivity contribution is 5.80. The van der Waals surface area contributed by atoms with Gasteiger partial charge in [0, 0.05) is 6.54 Å². The van der Waals surface area contributed by atoms with E-state index in [2.05, 4.69) is 0 Å². The van der Waals surface area contributed by atoms with E-state index in [1.165, 1.54) is 12.8 Å². The maximum absolute atomic E-state index is 11.0. The normalized spacial score (nSPS) is 37.1. The van der Waals surface area contributed by atoms with Crippen LogP contribution in [0.2, 0.25) is 0 Å². The van der Waals surface area contributed by atoms with E-state index in [0.29, 0.717) is 6.54 Å². The van der Waals surface area contributed by atoms with Gasteiger partial charge in [0.15, 0.2) is 0 Å². The number of carbonyl (C=O) groups is 1. The van der Waals surface area contributed by atoms with Crippen molar-refractivity contribution in [1.29, 1.82) is 0 Å². The Kier molecular flexibility index (Phi) is 1.49. The number of hydrogen-bond acceptors (Lipinski definition) is 2. The Labute approximate surface area is 71.9 Å². The predicted molar refractivity (Wildman–Crippen MR) is 44.6 cm³/mol.